The number of aliphatic imine (C=N–C) groups is 1. The standard InChI is InChI=1S/C14H24N6O/c1-2-16-14(19-8-10-20-9-7-15-11-20)18-6-5-17-13(21)12-3-4-12/h7,9,11-12H,2-6,8,10H2,1H3,(H,17,21)(H2,16,18,19). The topological polar surface area (TPSA) is 83.3 Å². The number of aromatic nitrogens is 2. The summed E-state index contributed by atoms with van der Waals surface area (Å²) in [4.78, 5) is 19.9. The number of nitrogens with zero attached hydrogens (tertiary/aromatic N) is 3. The highest BCUT2D eigenvalue weighted by molar-refractivity contribution is 5.81. The molecule has 3 N–H and O–H groups in total. The summed E-state index contributed by atoms with van der Waals surface area (Å²) in [5.74, 6) is 1.21. The van der Waals surface area contributed by atoms with Gasteiger partial charge >= 0.3 is 0 Å². The summed E-state index contributed by atoms with van der Waals surface area (Å²) in [5.41, 5.74) is 0. The van der Waals surface area contributed by atoms with E-state index in [1.54, 1.807) is 12.5 Å². The molecular formula is C14H24N6O. The fraction of sp³-hybridized carbons (Fsp3) is 0.643. The van der Waals surface area contributed by atoms with E-state index in [9.17, 15) is 4.79 Å². The minimum Gasteiger partial charge on any atom is -0.357 e. The van der Waals surface area contributed by atoms with Crippen LogP contribution in [0.25, 0.3) is 0 Å². The normalized spacial score (nSPS) is 14.8. The van der Waals surface area contributed by atoms with Crippen molar-refractivity contribution in [2.75, 3.05) is 26.2 Å². The Morgan fingerprint density at radius 3 is 2.86 bits per heavy atom. The molecule has 21 heavy (non-hydrogen) atoms. The van der Waals surface area contributed by atoms with Crippen molar-refractivity contribution in [1.82, 2.24) is 25.5 Å². The summed E-state index contributed by atoms with van der Waals surface area (Å²) < 4.78 is 2.01. The Bertz CT molecular complexity index is 452. The van der Waals surface area contributed by atoms with Crippen LogP contribution in [-0.2, 0) is 11.3 Å². The van der Waals surface area contributed by atoms with Crippen molar-refractivity contribution < 1.29 is 4.79 Å². The monoisotopic (exact) mass is 292 g/mol. The van der Waals surface area contributed by atoms with Gasteiger partial charge in [0.25, 0.3) is 0 Å². The fourth-order valence-corrected chi connectivity index (χ4v) is 1.90. The van der Waals surface area contributed by atoms with Crippen LogP contribution in [0.5, 0.6) is 0 Å². The first kappa shape index (κ1) is 15.3. The average molecular weight is 292 g/mol. The molecule has 1 aromatic rings. The maximum Gasteiger partial charge on any atom is 0.223 e. The van der Waals surface area contributed by atoms with Gasteiger partial charge in [-0.25, -0.2) is 4.98 Å². The van der Waals surface area contributed by atoms with Crippen molar-refractivity contribution in [3.05, 3.63) is 18.7 Å². The predicted molar refractivity (Wildman–Crippen MR) is 81.9 cm³/mol. The zero-order chi connectivity index (χ0) is 14.9. The number of nitrogens with one attached hydrogen (secondary N) is 3. The first-order valence-corrected chi connectivity index (χ1v) is 7.55. The van der Waals surface area contributed by atoms with Gasteiger partial charge < -0.3 is 20.5 Å². The Morgan fingerprint density at radius 1 is 1.33 bits per heavy atom. The van der Waals surface area contributed by atoms with Crippen molar-refractivity contribution >= 4 is 11.9 Å². The molecule has 0 bridgehead atoms. The highest BCUT2D eigenvalue weighted by atomic mass is 16.2. The van der Waals surface area contributed by atoms with Crippen LogP contribution in [0.1, 0.15) is 19.8 Å². The summed E-state index contributed by atoms with van der Waals surface area (Å²) in [6.45, 7) is 5.62. The van der Waals surface area contributed by atoms with E-state index in [0.29, 0.717) is 13.1 Å². The summed E-state index contributed by atoms with van der Waals surface area (Å²) >= 11 is 0. The molecule has 1 aliphatic carbocycles. The van der Waals surface area contributed by atoms with Gasteiger partial charge in [0.05, 0.1) is 12.9 Å². The molecular weight excluding hydrogens is 268 g/mol. The summed E-state index contributed by atoms with van der Waals surface area (Å²) in [6, 6.07) is 0. The van der Waals surface area contributed by atoms with Crippen molar-refractivity contribution in [2.24, 2.45) is 10.9 Å². The van der Waals surface area contributed by atoms with E-state index in [4.69, 9.17) is 0 Å². The van der Waals surface area contributed by atoms with Gasteiger partial charge in [0.15, 0.2) is 5.96 Å². The van der Waals surface area contributed by atoms with Gasteiger partial charge in [-0.05, 0) is 19.8 Å². The minimum atomic E-state index is 0.170. The van der Waals surface area contributed by atoms with Crippen molar-refractivity contribution in [3.8, 4) is 0 Å². The van der Waals surface area contributed by atoms with Crippen LogP contribution in [0.2, 0.25) is 0 Å². The van der Waals surface area contributed by atoms with Gasteiger partial charge in [-0.1, -0.05) is 0 Å². The molecule has 0 saturated heterocycles. The smallest absolute Gasteiger partial charge is 0.223 e. The van der Waals surface area contributed by atoms with Gasteiger partial charge in [-0.15, -0.1) is 0 Å². The van der Waals surface area contributed by atoms with Crippen LogP contribution in [0.4, 0.5) is 0 Å². The maximum atomic E-state index is 11.5. The number of hydrogen-bond acceptors (Lipinski definition) is 3. The third-order valence-corrected chi connectivity index (χ3v) is 3.19. The lowest BCUT2D eigenvalue weighted by Gasteiger charge is -2.11. The SMILES string of the molecule is CCNC(=NCCNC(=O)C1CC1)NCCn1ccnc1. The van der Waals surface area contributed by atoms with Crippen LogP contribution >= 0.6 is 0 Å². The van der Waals surface area contributed by atoms with E-state index < -0.39 is 0 Å². The number of carbonyl (C=O) groups is 1. The van der Waals surface area contributed by atoms with E-state index in [-0.39, 0.29) is 11.8 Å². The van der Waals surface area contributed by atoms with Crippen molar-refractivity contribution in [2.45, 2.75) is 26.3 Å². The Morgan fingerprint density at radius 2 is 2.19 bits per heavy atom. The van der Waals surface area contributed by atoms with Crippen LogP contribution in [0, 0.1) is 5.92 Å². The Kier molecular flexibility index (Phi) is 6.05. The molecule has 0 aromatic carbocycles. The van der Waals surface area contributed by atoms with Gasteiger partial charge in [0.1, 0.15) is 0 Å². The first-order chi connectivity index (χ1) is 10.3. The molecule has 2 rings (SSSR count). The van der Waals surface area contributed by atoms with Gasteiger partial charge in [-0.2, -0.15) is 0 Å². The minimum absolute atomic E-state index is 0.170. The second kappa shape index (κ2) is 8.28. The van der Waals surface area contributed by atoms with E-state index >= 15 is 0 Å². The second-order valence-corrected chi connectivity index (χ2v) is 5.05. The quantitative estimate of drug-likeness (QED) is 0.357. The summed E-state index contributed by atoms with van der Waals surface area (Å²) in [6.07, 6.45) is 7.56. The largest absolute Gasteiger partial charge is 0.357 e. The predicted octanol–water partition coefficient (Wildman–Crippen LogP) is -0.0356. The van der Waals surface area contributed by atoms with Gasteiger partial charge in [0.2, 0.25) is 5.91 Å². The highest BCUT2D eigenvalue weighted by Gasteiger charge is 2.28. The maximum absolute atomic E-state index is 11.5. The van der Waals surface area contributed by atoms with Crippen LogP contribution in [-0.4, -0.2) is 47.6 Å². The first-order valence-electron chi connectivity index (χ1n) is 7.55. The molecule has 1 aliphatic rings. The zero-order valence-corrected chi connectivity index (χ0v) is 12.5. The number of hydrogen-bond donors (Lipinski definition) is 3. The lowest BCUT2D eigenvalue weighted by molar-refractivity contribution is -0.122. The number of rotatable bonds is 8. The lowest BCUT2D eigenvalue weighted by Crippen LogP contribution is -2.39. The highest BCUT2D eigenvalue weighted by Crippen LogP contribution is 2.28. The molecule has 116 valence electrons. The van der Waals surface area contributed by atoms with Gasteiger partial charge in [-0.3, -0.25) is 9.79 Å². The molecule has 1 amide bonds. The molecule has 0 spiro atoms. The third-order valence-electron chi connectivity index (χ3n) is 3.19. The van der Waals surface area contributed by atoms with Crippen molar-refractivity contribution in [3.63, 3.8) is 0 Å². The molecule has 1 fully saturated rings. The number of imidazole rings is 1. The lowest BCUT2D eigenvalue weighted by atomic mass is 10.4. The Labute approximate surface area is 125 Å². The number of carbonyl (C=O) groups excluding carboxylic acids is 1. The van der Waals surface area contributed by atoms with E-state index in [2.05, 4.69) is 25.9 Å². The number of amides is 1. The van der Waals surface area contributed by atoms with Crippen LogP contribution in [0.3, 0.4) is 0 Å². The molecule has 7 heteroatoms. The molecule has 1 aromatic heterocycles. The van der Waals surface area contributed by atoms with Crippen molar-refractivity contribution in [1.29, 1.82) is 0 Å². The van der Waals surface area contributed by atoms with E-state index in [1.807, 2.05) is 17.7 Å². The average Bonchev–Trinajstić information content (AvgIpc) is 3.21. The molecule has 1 saturated carbocycles. The van der Waals surface area contributed by atoms with Crippen LogP contribution in [0.15, 0.2) is 23.7 Å². The Hall–Kier alpha value is -2.05. The molecule has 0 atom stereocenters. The molecule has 0 radical (unpaired) electrons. The summed E-state index contributed by atoms with van der Waals surface area (Å²) in [5, 5.41) is 9.35. The van der Waals surface area contributed by atoms with Gasteiger partial charge in [0, 0.05) is 44.5 Å². The van der Waals surface area contributed by atoms with E-state index in [0.717, 1.165) is 38.4 Å². The Balaban J connectivity index is 1.64. The molecule has 0 aliphatic heterocycles. The van der Waals surface area contributed by atoms with Crippen LogP contribution < -0.4 is 16.0 Å². The molecule has 1 heterocycles. The zero-order valence-electron chi connectivity index (χ0n) is 12.5. The fourth-order valence-electron chi connectivity index (χ4n) is 1.90. The molecule has 7 nitrogen and oxygen atoms in total. The summed E-state index contributed by atoms with van der Waals surface area (Å²) in [7, 11) is 0. The van der Waals surface area contributed by atoms with E-state index in [1.165, 1.54) is 0 Å². The second-order valence-electron chi connectivity index (χ2n) is 5.05. The number of guanidine groups is 1. The molecule has 0 unspecified atom stereocenters. The third kappa shape index (κ3) is 5.85.